The Bertz CT molecular complexity index is 570. The molecule has 0 N–H and O–H groups in total. The first kappa shape index (κ1) is 8.54. The highest BCUT2D eigenvalue weighted by Crippen LogP contribution is 2.30. The monoisotopic (exact) mass is 195 g/mol. The zero-order chi connectivity index (χ0) is 10.3. The predicted octanol–water partition coefficient (Wildman–Crippen LogP) is 3.61. The zero-order valence-corrected chi connectivity index (χ0v) is 8.77. The van der Waals surface area contributed by atoms with Crippen molar-refractivity contribution in [2.24, 2.45) is 0 Å². The number of rotatable bonds is 1. The van der Waals surface area contributed by atoms with E-state index in [0.717, 1.165) is 6.54 Å². The number of fused-ring (bicyclic) bond motifs is 3. The number of benzene rings is 1. The molecule has 0 unspecified atom stereocenters. The van der Waals surface area contributed by atoms with Gasteiger partial charge in [-0.05, 0) is 24.6 Å². The largest absolute Gasteiger partial charge is 0.337 e. The second-order valence-electron chi connectivity index (χ2n) is 3.86. The molecular weight excluding hydrogens is 182 g/mol. The fraction of sp³-hybridized carbons (Fsp3) is 0.143. The number of nitrogens with zero attached hydrogens (tertiary/aromatic N) is 1. The normalized spacial score (nSPS) is 14.9. The van der Waals surface area contributed by atoms with Crippen molar-refractivity contribution < 1.29 is 0 Å². The number of allylic oxidation sites excluding steroid dienone is 4. The molecule has 1 aromatic carbocycles. The molecule has 0 spiro atoms. The van der Waals surface area contributed by atoms with Gasteiger partial charge in [-0.1, -0.05) is 36.4 Å². The number of aromatic nitrogens is 1. The summed E-state index contributed by atoms with van der Waals surface area (Å²) in [4.78, 5) is 0. The van der Waals surface area contributed by atoms with Crippen LogP contribution in [0.3, 0.4) is 0 Å². The second-order valence-corrected chi connectivity index (χ2v) is 3.86. The molecule has 0 saturated carbocycles. The quantitative estimate of drug-likeness (QED) is 0.655. The van der Waals surface area contributed by atoms with E-state index in [0.29, 0.717) is 0 Å². The van der Waals surface area contributed by atoms with Crippen molar-refractivity contribution >= 4 is 16.5 Å². The van der Waals surface area contributed by atoms with Crippen molar-refractivity contribution in [3.05, 3.63) is 54.3 Å². The lowest BCUT2D eigenvalue weighted by Gasteiger charge is -1.99. The maximum Gasteiger partial charge on any atom is 0.0491 e. The minimum Gasteiger partial charge on any atom is -0.337 e. The summed E-state index contributed by atoms with van der Waals surface area (Å²) in [5.41, 5.74) is 4.02. The topological polar surface area (TPSA) is 4.93 Å². The Morgan fingerprint density at radius 2 is 2.13 bits per heavy atom. The third-order valence-electron chi connectivity index (χ3n) is 2.95. The van der Waals surface area contributed by atoms with Gasteiger partial charge in [0.1, 0.15) is 0 Å². The van der Waals surface area contributed by atoms with E-state index < -0.39 is 0 Å². The van der Waals surface area contributed by atoms with E-state index >= 15 is 0 Å². The van der Waals surface area contributed by atoms with Crippen molar-refractivity contribution in [1.82, 2.24) is 4.57 Å². The average molecular weight is 195 g/mol. The SMILES string of the molecule is C/C=C/C1=CCn2c1cc1ccccc12. The van der Waals surface area contributed by atoms with Gasteiger partial charge in [-0.2, -0.15) is 0 Å². The Morgan fingerprint density at radius 3 is 3.00 bits per heavy atom. The van der Waals surface area contributed by atoms with Crippen molar-refractivity contribution in [2.75, 3.05) is 0 Å². The molecule has 0 radical (unpaired) electrons. The molecule has 0 amide bonds. The lowest BCUT2D eigenvalue weighted by atomic mass is 10.1. The van der Waals surface area contributed by atoms with Gasteiger partial charge >= 0.3 is 0 Å². The molecule has 3 rings (SSSR count). The van der Waals surface area contributed by atoms with Gasteiger partial charge in [-0.15, -0.1) is 0 Å². The van der Waals surface area contributed by atoms with E-state index in [2.05, 4.69) is 60.1 Å². The van der Waals surface area contributed by atoms with Gasteiger partial charge in [0.15, 0.2) is 0 Å². The maximum atomic E-state index is 2.37. The number of hydrogen-bond acceptors (Lipinski definition) is 0. The Balaban J connectivity index is 2.26. The van der Waals surface area contributed by atoms with Gasteiger partial charge in [0, 0.05) is 23.1 Å². The summed E-state index contributed by atoms with van der Waals surface area (Å²) < 4.78 is 2.37. The van der Waals surface area contributed by atoms with E-state index in [1.54, 1.807) is 0 Å². The molecule has 1 aliphatic rings. The van der Waals surface area contributed by atoms with Crippen molar-refractivity contribution in [3.63, 3.8) is 0 Å². The lowest BCUT2D eigenvalue weighted by molar-refractivity contribution is 0.882. The zero-order valence-electron chi connectivity index (χ0n) is 8.77. The Morgan fingerprint density at radius 1 is 1.27 bits per heavy atom. The van der Waals surface area contributed by atoms with Crippen molar-refractivity contribution in [1.29, 1.82) is 0 Å². The van der Waals surface area contributed by atoms with Gasteiger partial charge in [0.25, 0.3) is 0 Å². The minimum atomic E-state index is 1.00. The van der Waals surface area contributed by atoms with Crippen LogP contribution < -0.4 is 0 Å². The van der Waals surface area contributed by atoms with Crippen LogP contribution in [0, 0.1) is 0 Å². The van der Waals surface area contributed by atoms with E-state index in [1.807, 2.05) is 0 Å². The molecule has 1 heteroatoms. The summed E-state index contributed by atoms with van der Waals surface area (Å²) in [6.07, 6.45) is 6.55. The van der Waals surface area contributed by atoms with Crippen LogP contribution in [0.4, 0.5) is 0 Å². The molecule has 74 valence electrons. The molecular formula is C14H13N. The van der Waals surface area contributed by atoms with Crippen LogP contribution in [-0.4, -0.2) is 4.57 Å². The van der Waals surface area contributed by atoms with Crippen LogP contribution in [0.2, 0.25) is 0 Å². The van der Waals surface area contributed by atoms with Crippen LogP contribution >= 0.6 is 0 Å². The molecule has 0 saturated heterocycles. The van der Waals surface area contributed by atoms with Crippen LogP contribution in [0.5, 0.6) is 0 Å². The summed E-state index contributed by atoms with van der Waals surface area (Å²) >= 11 is 0. The smallest absolute Gasteiger partial charge is 0.0491 e. The minimum absolute atomic E-state index is 1.00. The first-order chi connectivity index (χ1) is 7.40. The molecule has 15 heavy (non-hydrogen) atoms. The second kappa shape index (κ2) is 3.13. The van der Waals surface area contributed by atoms with Gasteiger partial charge in [-0.25, -0.2) is 0 Å². The highest BCUT2D eigenvalue weighted by molar-refractivity contribution is 5.89. The van der Waals surface area contributed by atoms with E-state index in [9.17, 15) is 0 Å². The van der Waals surface area contributed by atoms with Gasteiger partial charge in [0.2, 0.25) is 0 Å². The van der Waals surface area contributed by atoms with E-state index in [1.165, 1.54) is 22.2 Å². The Hall–Kier alpha value is -1.76. The fourth-order valence-corrected chi connectivity index (χ4v) is 2.27. The van der Waals surface area contributed by atoms with Gasteiger partial charge in [-0.3, -0.25) is 0 Å². The van der Waals surface area contributed by atoms with E-state index in [4.69, 9.17) is 0 Å². The molecule has 1 aromatic heterocycles. The first-order valence-corrected chi connectivity index (χ1v) is 5.31. The van der Waals surface area contributed by atoms with E-state index in [-0.39, 0.29) is 0 Å². The molecule has 2 heterocycles. The van der Waals surface area contributed by atoms with Gasteiger partial charge < -0.3 is 4.57 Å². The molecule has 0 bridgehead atoms. The summed E-state index contributed by atoms with van der Waals surface area (Å²) in [6.45, 7) is 3.06. The Labute approximate surface area is 89.3 Å². The van der Waals surface area contributed by atoms with Crippen molar-refractivity contribution in [2.45, 2.75) is 13.5 Å². The summed E-state index contributed by atoms with van der Waals surface area (Å²) in [7, 11) is 0. The first-order valence-electron chi connectivity index (χ1n) is 5.31. The third kappa shape index (κ3) is 1.16. The number of para-hydroxylation sites is 1. The van der Waals surface area contributed by atoms with Crippen molar-refractivity contribution in [3.8, 4) is 0 Å². The summed E-state index contributed by atoms with van der Waals surface area (Å²) in [5, 5.41) is 1.34. The van der Waals surface area contributed by atoms with Crippen LogP contribution in [0.1, 0.15) is 12.6 Å². The average Bonchev–Trinajstić information content (AvgIpc) is 2.79. The molecule has 0 aliphatic carbocycles. The number of hydrogen-bond donors (Lipinski definition) is 0. The highest BCUT2D eigenvalue weighted by atomic mass is 15.0. The van der Waals surface area contributed by atoms with Crippen LogP contribution in [0.15, 0.2) is 48.6 Å². The fourth-order valence-electron chi connectivity index (χ4n) is 2.27. The molecule has 1 aliphatic heterocycles. The lowest BCUT2D eigenvalue weighted by Crippen LogP contribution is -1.91. The highest BCUT2D eigenvalue weighted by Gasteiger charge is 2.14. The molecule has 0 fully saturated rings. The maximum absolute atomic E-state index is 2.37. The molecule has 1 nitrogen and oxygen atoms in total. The predicted molar refractivity (Wildman–Crippen MR) is 64.7 cm³/mol. The third-order valence-corrected chi connectivity index (χ3v) is 2.95. The summed E-state index contributed by atoms with van der Waals surface area (Å²) in [6, 6.07) is 10.8. The standard InChI is InChI=1S/C14H13N/c1-2-5-11-8-9-15-13-7-4-3-6-12(13)10-14(11)15/h2-8,10H,9H2,1H3/b5-2+. The molecule has 0 atom stereocenters. The van der Waals surface area contributed by atoms with Gasteiger partial charge in [0.05, 0.1) is 0 Å². The summed E-state index contributed by atoms with van der Waals surface area (Å²) in [5.74, 6) is 0. The van der Waals surface area contributed by atoms with Crippen LogP contribution in [-0.2, 0) is 6.54 Å². The molecule has 2 aromatic rings. The Kier molecular flexibility index (Phi) is 1.78. The van der Waals surface area contributed by atoms with Crippen LogP contribution in [0.25, 0.3) is 16.5 Å².